The first-order valence-electron chi connectivity index (χ1n) is 12.8. The highest BCUT2D eigenvalue weighted by atomic mass is 32.2. The van der Waals surface area contributed by atoms with E-state index in [1.54, 1.807) is 12.1 Å². The average molecular weight is 541 g/mol. The zero-order valence-electron chi connectivity index (χ0n) is 21.6. The van der Waals surface area contributed by atoms with Gasteiger partial charge in [0.15, 0.2) is 0 Å². The van der Waals surface area contributed by atoms with Gasteiger partial charge in [0.25, 0.3) is 5.91 Å². The Hall–Kier alpha value is -3.28. The van der Waals surface area contributed by atoms with Crippen molar-refractivity contribution in [2.75, 3.05) is 32.4 Å². The minimum atomic E-state index is -3.15. The number of nitrogens with zero attached hydrogens (tertiary/aromatic N) is 3. The van der Waals surface area contributed by atoms with Gasteiger partial charge in [0.05, 0.1) is 12.8 Å². The van der Waals surface area contributed by atoms with Gasteiger partial charge in [0.2, 0.25) is 21.8 Å². The zero-order chi connectivity index (χ0) is 27.0. The Morgan fingerprint density at radius 1 is 1.03 bits per heavy atom. The number of ether oxygens (including phenoxy) is 1. The first kappa shape index (κ1) is 26.3. The topological polar surface area (TPSA) is 116 Å². The third-order valence-corrected chi connectivity index (χ3v) is 8.99. The van der Waals surface area contributed by atoms with Crippen LogP contribution in [-0.2, 0) is 32.8 Å². The fourth-order valence-electron chi connectivity index (χ4n) is 5.38. The summed E-state index contributed by atoms with van der Waals surface area (Å²) in [5.74, 6) is -0.367. The van der Waals surface area contributed by atoms with E-state index in [2.05, 4.69) is 29.3 Å². The SMILES string of the molecule is CC(c1ccc(COc2cccc3c2CN([C@H]2CCC(=O)NC2=O)C3=O)cc1)N1CCN(S(C)(=O)=O)CC1. The zero-order valence-corrected chi connectivity index (χ0v) is 22.4. The molecule has 2 fully saturated rings. The lowest BCUT2D eigenvalue weighted by molar-refractivity contribution is -0.136. The van der Waals surface area contributed by atoms with Gasteiger partial charge in [-0.05, 0) is 36.6 Å². The van der Waals surface area contributed by atoms with Crippen LogP contribution in [-0.4, -0.2) is 78.7 Å². The van der Waals surface area contributed by atoms with Gasteiger partial charge in [-0.1, -0.05) is 30.3 Å². The average Bonchev–Trinajstić information content (AvgIpc) is 3.23. The summed E-state index contributed by atoms with van der Waals surface area (Å²) in [4.78, 5) is 40.7. The van der Waals surface area contributed by atoms with E-state index < -0.39 is 22.0 Å². The van der Waals surface area contributed by atoms with Crippen LogP contribution in [0, 0.1) is 0 Å². The number of hydrogen-bond donors (Lipinski definition) is 1. The molecule has 0 saturated carbocycles. The largest absolute Gasteiger partial charge is 0.489 e. The predicted octanol–water partition coefficient (Wildman–Crippen LogP) is 1.66. The summed E-state index contributed by atoms with van der Waals surface area (Å²) in [6.45, 7) is 5.09. The van der Waals surface area contributed by atoms with E-state index in [0.29, 0.717) is 50.5 Å². The molecule has 0 aliphatic carbocycles. The number of sulfonamides is 1. The molecule has 10 nitrogen and oxygen atoms in total. The molecule has 1 unspecified atom stereocenters. The maximum atomic E-state index is 13.0. The molecule has 1 N–H and O–H groups in total. The van der Waals surface area contributed by atoms with Gasteiger partial charge < -0.3 is 9.64 Å². The lowest BCUT2D eigenvalue weighted by atomic mass is 10.0. The highest BCUT2D eigenvalue weighted by Crippen LogP contribution is 2.34. The maximum Gasteiger partial charge on any atom is 0.255 e. The van der Waals surface area contributed by atoms with Crippen LogP contribution in [0.5, 0.6) is 5.75 Å². The number of nitrogens with one attached hydrogen (secondary N) is 1. The first-order chi connectivity index (χ1) is 18.1. The number of amides is 3. The quantitative estimate of drug-likeness (QED) is 0.531. The van der Waals surface area contributed by atoms with Gasteiger partial charge in [-0.3, -0.25) is 24.6 Å². The van der Waals surface area contributed by atoms with Gasteiger partial charge in [-0.15, -0.1) is 0 Å². The Kier molecular flexibility index (Phi) is 7.26. The molecule has 0 aromatic heterocycles. The summed E-state index contributed by atoms with van der Waals surface area (Å²) in [5, 5.41) is 2.32. The molecule has 0 radical (unpaired) electrons. The highest BCUT2D eigenvalue weighted by molar-refractivity contribution is 7.88. The number of hydrogen-bond acceptors (Lipinski definition) is 7. The molecule has 202 valence electrons. The van der Waals surface area contributed by atoms with E-state index in [1.165, 1.54) is 15.5 Å². The molecule has 38 heavy (non-hydrogen) atoms. The molecule has 2 saturated heterocycles. The number of benzene rings is 2. The molecule has 3 aliphatic rings. The van der Waals surface area contributed by atoms with Crippen molar-refractivity contribution in [3.63, 3.8) is 0 Å². The van der Waals surface area contributed by atoms with Crippen molar-refractivity contribution in [1.82, 2.24) is 19.4 Å². The Morgan fingerprint density at radius 3 is 2.39 bits per heavy atom. The second-order valence-corrected chi connectivity index (χ2v) is 12.1. The number of piperidine rings is 1. The van der Waals surface area contributed by atoms with E-state index in [1.807, 2.05) is 18.2 Å². The van der Waals surface area contributed by atoms with E-state index >= 15 is 0 Å². The smallest absolute Gasteiger partial charge is 0.255 e. The first-order valence-corrected chi connectivity index (χ1v) is 14.6. The molecule has 0 bridgehead atoms. The summed E-state index contributed by atoms with van der Waals surface area (Å²) < 4.78 is 31.2. The van der Waals surface area contributed by atoms with Crippen LogP contribution < -0.4 is 10.1 Å². The lowest BCUT2D eigenvalue weighted by Gasteiger charge is -2.37. The standard InChI is InChI=1S/C27H32N4O6S/c1-18(29-12-14-30(15-13-29)38(2,35)36)20-8-6-19(7-9-20)17-37-24-5-3-4-21-22(24)16-31(27(21)34)23-10-11-25(32)28-26(23)33/h3-9,18,23H,10-17H2,1-2H3,(H,28,32,33)/t18?,23-/m0/s1. The second-order valence-electron chi connectivity index (χ2n) is 10.1. The number of rotatable bonds is 7. The number of carbonyl (C=O) groups is 3. The van der Waals surface area contributed by atoms with Gasteiger partial charge in [-0.2, -0.15) is 4.31 Å². The fourth-order valence-corrected chi connectivity index (χ4v) is 6.21. The number of imide groups is 1. The van der Waals surface area contributed by atoms with Crippen LogP contribution in [0.2, 0.25) is 0 Å². The van der Waals surface area contributed by atoms with Crippen molar-refractivity contribution >= 4 is 27.7 Å². The molecule has 3 amide bonds. The van der Waals surface area contributed by atoms with Crippen LogP contribution in [0.4, 0.5) is 0 Å². The van der Waals surface area contributed by atoms with Crippen LogP contribution in [0.3, 0.4) is 0 Å². The Bertz CT molecular complexity index is 1350. The van der Waals surface area contributed by atoms with E-state index in [9.17, 15) is 22.8 Å². The minimum Gasteiger partial charge on any atom is -0.489 e. The van der Waals surface area contributed by atoms with E-state index in [4.69, 9.17) is 4.74 Å². The molecule has 2 aromatic rings. The Labute approximate surface area is 222 Å². The highest BCUT2D eigenvalue weighted by Gasteiger charge is 2.40. The van der Waals surface area contributed by atoms with Crippen molar-refractivity contribution in [3.05, 3.63) is 64.7 Å². The molecule has 2 aromatic carbocycles. The molecule has 3 aliphatic heterocycles. The molecule has 3 heterocycles. The molecular weight excluding hydrogens is 508 g/mol. The van der Waals surface area contributed by atoms with Crippen molar-refractivity contribution < 1.29 is 27.5 Å². The Balaban J connectivity index is 1.20. The monoisotopic (exact) mass is 540 g/mol. The number of carbonyl (C=O) groups excluding carboxylic acids is 3. The molecular formula is C27H32N4O6S. The summed E-state index contributed by atoms with van der Waals surface area (Å²) >= 11 is 0. The van der Waals surface area contributed by atoms with Crippen molar-refractivity contribution in [1.29, 1.82) is 0 Å². The van der Waals surface area contributed by atoms with Gasteiger partial charge in [0.1, 0.15) is 18.4 Å². The number of piperazine rings is 1. The third kappa shape index (κ3) is 5.31. The summed E-state index contributed by atoms with van der Waals surface area (Å²) in [7, 11) is -3.15. The van der Waals surface area contributed by atoms with Crippen molar-refractivity contribution in [2.45, 2.75) is 45.0 Å². The molecule has 5 rings (SSSR count). The van der Waals surface area contributed by atoms with Crippen LogP contribution >= 0.6 is 0 Å². The normalized spacial score (nSPS) is 21.8. The fraction of sp³-hybridized carbons (Fsp3) is 0.444. The van der Waals surface area contributed by atoms with Crippen molar-refractivity contribution in [3.8, 4) is 5.75 Å². The summed E-state index contributed by atoms with van der Waals surface area (Å²) in [5.41, 5.74) is 3.40. The van der Waals surface area contributed by atoms with Crippen molar-refractivity contribution in [2.24, 2.45) is 0 Å². The van der Waals surface area contributed by atoms with Crippen LogP contribution in [0.15, 0.2) is 42.5 Å². The third-order valence-electron chi connectivity index (χ3n) is 7.69. The maximum absolute atomic E-state index is 13.0. The summed E-state index contributed by atoms with van der Waals surface area (Å²) in [6, 6.07) is 13.0. The molecule has 0 spiro atoms. The molecule has 2 atom stereocenters. The van der Waals surface area contributed by atoms with E-state index in [-0.39, 0.29) is 30.8 Å². The molecule has 11 heteroatoms. The lowest BCUT2D eigenvalue weighted by Crippen LogP contribution is -2.52. The second kappa shape index (κ2) is 10.5. The van der Waals surface area contributed by atoms with Gasteiger partial charge in [0, 0.05) is 49.8 Å². The number of fused-ring (bicyclic) bond motifs is 1. The Morgan fingerprint density at radius 2 is 1.74 bits per heavy atom. The van der Waals surface area contributed by atoms with Gasteiger partial charge in [-0.25, -0.2) is 8.42 Å². The van der Waals surface area contributed by atoms with Gasteiger partial charge >= 0.3 is 0 Å². The summed E-state index contributed by atoms with van der Waals surface area (Å²) in [6.07, 6.45) is 1.78. The predicted molar refractivity (Wildman–Crippen MR) is 140 cm³/mol. The van der Waals surface area contributed by atoms with Crippen LogP contribution in [0.25, 0.3) is 0 Å². The van der Waals surface area contributed by atoms with Crippen LogP contribution in [0.1, 0.15) is 52.9 Å². The van der Waals surface area contributed by atoms with E-state index in [0.717, 1.165) is 16.7 Å². The minimum absolute atomic E-state index is 0.161.